The molecule has 1 unspecified atom stereocenters. The first-order valence-electron chi connectivity index (χ1n) is 9.70. The van der Waals surface area contributed by atoms with Crippen LogP contribution in [0.3, 0.4) is 0 Å². The standard InChI is InChI=1S/C22H27NO4S/c1-4-5-6-7-17-15-23(28(25,26)19-11-8-16(2)9-12-19)21-13-10-18(27-3)14-20(21)22(17)24/h8-14,17H,4-7,15H2,1-3H3. The van der Waals surface area contributed by atoms with Gasteiger partial charge in [0.2, 0.25) is 0 Å². The molecule has 0 saturated carbocycles. The van der Waals surface area contributed by atoms with Crippen LogP contribution in [-0.2, 0) is 10.0 Å². The fourth-order valence-corrected chi connectivity index (χ4v) is 5.12. The number of hydrogen-bond donors (Lipinski definition) is 0. The van der Waals surface area contributed by atoms with E-state index in [0.29, 0.717) is 23.4 Å². The van der Waals surface area contributed by atoms with Crippen molar-refractivity contribution in [2.24, 2.45) is 5.92 Å². The zero-order chi connectivity index (χ0) is 20.3. The molecular weight excluding hydrogens is 374 g/mol. The molecule has 5 nitrogen and oxygen atoms in total. The largest absolute Gasteiger partial charge is 0.497 e. The van der Waals surface area contributed by atoms with Gasteiger partial charge >= 0.3 is 0 Å². The van der Waals surface area contributed by atoms with E-state index in [1.807, 2.05) is 6.92 Å². The lowest BCUT2D eigenvalue weighted by Crippen LogP contribution is -2.42. The lowest BCUT2D eigenvalue weighted by atomic mass is 9.88. The van der Waals surface area contributed by atoms with E-state index in [0.717, 1.165) is 24.8 Å². The smallest absolute Gasteiger partial charge is 0.264 e. The van der Waals surface area contributed by atoms with Crippen LogP contribution in [0.5, 0.6) is 5.75 Å². The van der Waals surface area contributed by atoms with Crippen molar-refractivity contribution in [2.45, 2.75) is 44.4 Å². The molecule has 28 heavy (non-hydrogen) atoms. The highest BCUT2D eigenvalue weighted by Gasteiger charge is 2.38. The van der Waals surface area contributed by atoms with Gasteiger partial charge in [-0.05, 0) is 43.7 Å². The average molecular weight is 402 g/mol. The van der Waals surface area contributed by atoms with E-state index < -0.39 is 10.0 Å². The molecule has 2 aromatic carbocycles. The minimum atomic E-state index is -3.76. The maximum Gasteiger partial charge on any atom is 0.264 e. The molecule has 2 aromatic rings. The molecule has 6 heteroatoms. The summed E-state index contributed by atoms with van der Waals surface area (Å²) in [6, 6.07) is 11.8. The van der Waals surface area contributed by atoms with E-state index >= 15 is 0 Å². The minimum Gasteiger partial charge on any atom is -0.497 e. The predicted octanol–water partition coefficient (Wildman–Crippen LogP) is 4.59. The van der Waals surface area contributed by atoms with Crippen molar-refractivity contribution < 1.29 is 17.9 Å². The van der Waals surface area contributed by atoms with E-state index in [-0.39, 0.29) is 23.1 Å². The summed E-state index contributed by atoms with van der Waals surface area (Å²) in [6.07, 6.45) is 3.67. The zero-order valence-electron chi connectivity index (χ0n) is 16.6. The number of nitrogens with zero attached hydrogens (tertiary/aromatic N) is 1. The normalized spacial score (nSPS) is 16.8. The number of ether oxygens (including phenoxy) is 1. The number of benzene rings is 2. The molecule has 0 fully saturated rings. The molecule has 0 spiro atoms. The summed E-state index contributed by atoms with van der Waals surface area (Å²) in [5.74, 6) is 0.209. The van der Waals surface area contributed by atoms with E-state index in [2.05, 4.69) is 6.92 Å². The Kier molecular flexibility index (Phi) is 6.08. The summed E-state index contributed by atoms with van der Waals surface area (Å²) in [5, 5.41) is 0. The zero-order valence-corrected chi connectivity index (χ0v) is 17.5. The number of carbonyl (C=O) groups excluding carboxylic acids is 1. The van der Waals surface area contributed by atoms with Crippen LogP contribution in [0.2, 0.25) is 0 Å². The second-order valence-corrected chi connectivity index (χ2v) is 9.15. The maximum atomic E-state index is 13.4. The molecule has 0 amide bonds. The Morgan fingerprint density at radius 3 is 2.46 bits per heavy atom. The third-order valence-electron chi connectivity index (χ3n) is 5.26. The van der Waals surface area contributed by atoms with Gasteiger partial charge < -0.3 is 4.74 Å². The van der Waals surface area contributed by atoms with Crippen LogP contribution in [-0.4, -0.2) is 27.9 Å². The summed E-state index contributed by atoms with van der Waals surface area (Å²) >= 11 is 0. The Hall–Kier alpha value is -2.34. The molecular formula is C22H27NO4S. The van der Waals surface area contributed by atoms with Crippen molar-refractivity contribution in [3.8, 4) is 5.75 Å². The Morgan fingerprint density at radius 2 is 1.82 bits per heavy atom. The average Bonchev–Trinajstić information content (AvgIpc) is 2.69. The fourth-order valence-electron chi connectivity index (χ4n) is 3.59. The van der Waals surface area contributed by atoms with Gasteiger partial charge in [-0.15, -0.1) is 0 Å². The molecule has 1 aliphatic rings. The number of fused-ring (bicyclic) bond motifs is 1. The van der Waals surface area contributed by atoms with Crippen LogP contribution in [0, 0.1) is 12.8 Å². The molecule has 1 aliphatic heterocycles. The van der Waals surface area contributed by atoms with E-state index in [4.69, 9.17) is 4.74 Å². The fraction of sp³-hybridized carbons (Fsp3) is 0.409. The van der Waals surface area contributed by atoms with Crippen LogP contribution in [0.15, 0.2) is 47.4 Å². The number of sulfonamides is 1. The number of ketones is 1. The monoisotopic (exact) mass is 401 g/mol. The van der Waals surface area contributed by atoms with Crippen LogP contribution in [0.25, 0.3) is 0 Å². The topological polar surface area (TPSA) is 63.7 Å². The highest BCUT2D eigenvalue weighted by Crippen LogP contribution is 2.37. The van der Waals surface area contributed by atoms with Gasteiger partial charge in [-0.2, -0.15) is 0 Å². The second-order valence-electron chi connectivity index (χ2n) is 7.29. The summed E-state index contributed by atoms with van der Waals surface area (Å²) < 4.78 is 33.4. The van der Waals surface area contributed by atoms with Gasteiger partial charge in [0.1, 0.15) is 5.75 Å². The van der Waals surface area contributed by atoms with Crippen molar-refractivity contribution in [3.63, 3.8) is 0 Å². The molecule has 150 valence electrons. The Balaban J connectivity index is 2.05. The summed E-state index contributed by atoms with van der Waals surface area (Å²) in [6.45, 7) is 4.20. The van der Waals surface area contributed by atoms with Crippen LogP contribution < -0.4 is 9.04 Å². The van der Waals surface area contributed by atoms with Crippen LogP contribution in [0.1, 0.15) is 48.5 Å². The number of carbonyl (C=O) groups is 1. The van der Waals surface area contributed by atoms with Gasteiger partial charge in [-0.3, -0.25) is 9.10 Å². The van der Waals surface area contributed by atoms with Crippen molar-refractivity contribution in [2.75, 3.05) is 18.0 Å². The predicted molar refractivity (Wildman–Crippen MR) is 111 cm³/mol. The number of anilines is 1. The summed E-state index contributed by atoms with van der Waals surface area (Å²) in [4.78, 5) is 13.3. The first-order chi connectivity index (χ1) is 13.4. The first-order valence-corrected chi connectivity index (χ1v) is 11.1. The molecule has 0 radical (unpaired) electrons. The van der Waals surface area contributed by atoms with Crippen LogP contribution >= 0.6 is 0 Å². The highest BCUT2D eigenvalue weighted by atomic mass is 32.2. The lowest BCUT2D eigenvalue weighted by Gasteiger charge is -2.34. The molecule has 0 aromatic heterocycles. The van der Waals surface area contributed by atoms with Crippen molar-refractivity contribution in [1.82, 2.24) is 0 Å². The van der Waals surface area contributed by atoms with Gasteiger partial charge in [0, 0.05) is 18.0 Å². The minimum absolute atomic E-state index is 0.000333. The maximum absolute atomic E-state index is 13.4. The molecule has 1 atom stereocenters. The molecule has 0 saturated heterocycles. The van der Waals surface area contributed by atoms with E-state index in [1.54, 1.807) is 42.5 Å². The number of Topliss-reactive ketones (excluding diaryl/α,β-unsaturated/α-hetero) is 1. The Labute approximate surface area is 167 Å². The van der Waals surface area contributed by atoms with Crippen molar-refractivity contribution >= 4 is 21.5 Å². The van der Waals surface area contributed by atoms with Gasteiger partial charge in [-0.25, -0.2) is 8.42 Å². The third kappa shape index (κ3) is 3.92. The third-order valence-corrected chi connectivity index (χ3v) is 7.05. The molecule has 0 aliphatic carbocycles. The summed E-state index contributed by atoms with van der Waals surface area (Å²) in [5.41, 5.74) is 1.84. The Bertz CT molecular complexity index is 951. The molecule has 0 N–H and O–H groups in total. The number of aryl methyl sites for hydroxylation is 1. The quantitative estimate of drug-likeness (QED) is 0.637. The number of unbranched alkanes of at least 4 members (excludes halogenated alkanes) is 2. The van der Waals surface area contributed by atoms with Gasteiger partial charge in [0.15, 0.2) is 5.78 Å². The summed E-state index contributed by atoms with van der Waals surface area (Å²) in [7, 11) is -2.22. The second kappa shape index (κ2) is 8.35. The van der Waals surface area contributed by atoms with Gasteiger partial charge in [0.25, 0.3) is 10.0 Å². The first kappa shape index (κ1) is 20.4. The van der Waals surface area contributed by atoms with Crippen molar-refractivity contribution in [3.05, 3.63) is 53.6 Å². The molecule has 0 bridgehead atoms. The number of rotatable bonds is 7. The van der Waals surface area contributed by atoms with Crippen LogP contribution in [0.4, 0.5) is 5.69 Å². The molecule has 3 rings (SSSR count). The number of hydrogen-bond acceptors (Lipinski definition) is 4. The SMILES string of the molecule is CCCCCC1CN(S(=O)(=O)c2ccc(C)cc2)c2ccc(OC)cc2C1=O. The number of methoxy groups -OCH3 is 1. The lowest BCUT2D eigenvalue weighted by molar-refractivity contribution is 0.0910. The van der Waals surface area contributed by atoms with E-state index in [1.165, 1.54) is 11.4 Å². The van der Waals surface area contributed by atoms with Crippen molar-refractivity contribution in [1.29, 1.82) is 0 Å². The van der Waals surface area contributed by atoms with Gasteiger partial charge in [0.05, 0.1) is 17.7 Å². The highest BCUT2D eigenvalue weighted by molar-refractivity contribution is 7.92. The Morgan fingerprint density at radius 1 is 1.11 bits per heavy atom. The molecule has 1 heterocycles. The van der Waals surface area contributed by atoms with Gasteiger partial charge in [-0.1, -0.05) is 43.9 Å². The van der Waals surface area contributed by atoms with E-state index in [9.17, 15) is 13.2 Å².